The van der Waals surface area contributed by atoms with Gasteiger partial charge in [-0.3, -0.25) is 4.99 Å². The molecular formula is C16H27N5O. The molecule has 0 bridgehead atoms. The fraction of sp³-hybridized carbons (Fsp3) is 0.562. The Morgan fingerprint density at radius 1 is 1.36 bits per heavy atom. The van der Waals surface area contributed by atoms with Crippen LogP contribution in [-0.2, 0) is 17.9 Å². The number of methoxy groups -OCH3 is 1. The van der Waals surface area contributed by atoms with Gasteiger partial charge in [-0.1, -0.05) is 17.7 Å². The van der Waals surface area contributed by atoms with Gasteiger partial charge >= 0.3 is 0 Å². The molecular weight excluding hydrogens is 278 g/mol. The molecule has 0 amide bonds. The smallest absolute Gasteiger partial charge is 0.111 e. The summed E-state index contributed by atoms with van der Waals surface area (Å²) in [4.78, 5) is 4.52. The van der Waals surface area contributed by atoms with E-state index in [1.807, 2.05) is 31.7 Å². The molecule has 1 aromatic rings. The number of aliphatic imine (C=N–C) groups is 1. The molecule has 122 valence electrons. The number of hydrogen-bond donors (Lipinski definition) is 1. The van der Waals surface area contributed by atoms with E-state index in [0.717, 1.165) is 34.8 Å². The van der Waals surface area contributed by atoms with Crippen LogP contribution < -0.4 is 5.73 Å². The third-order valence-corrected chi connectivity index (χ3v) is 3.75. The molecule has 0 aliphatic carbocycles. The van der Waals surface area contributed by atoms with Gasteiger partial charge in [0.1, 0.15) is 5.69 Å². The summed E-state index contributed by atoms with van der Waals surface area (Å²) in [6, 6.07) is 0. The minimum Gasteiger partial charge on any atom is -0.402 e. The molecule has 22 heavy (non-hydrogen) atoms. The predicted octanol–water partition coefficient (Wildman–Crippen LogP) is 2.74. The summed E-state index contributed by atoms with van der Waals surface area (Å²) in [6.45, 7) is 11.1. The highest BCUT2D eigenvalue weighted by atomic mass is 16.5. The third kappa shape index (κ3) is 4.80. The van der Waals surface area contributed by atoms with Crippen LogP contribution in [-0.4, -0.2) is 28.3 Å². The molecule has 0 atom stereocenters. The maximum Gasteiger partial charge on any atom is 0.111 e. The molecule has 0 radical (unpaired) electrons. The Bertz CT molecular complexity index is 592. The molecule has 0 saturated carbocycles. The van der Waals surface area contributed by atoms with Crippen LogP contribution >= 0.6 is 0 Å². The number of hydrogen-bond acceptors (Lipinski definition) is 5. The highest BCUT2D eigenvalue weighted by Crippen LogP contribution is 2.11. The van der Waals surface area contributed by atoms with Gasteiger partial charge < -0.3 is 10.5 Å². The first-order valence-corrected chi connectivity index (χ1v) is 7.44. The minimum atomic E-state index is 0.456. The maximum atomic E-state index is 5.98. The largest absolute Gasteiger partial charge is 0.402 e. The second-order valence-electron chi connectivity index (χ2n) is 5.40. The lowest BCUT2D eigenvalue weighted by atomic mass is 10.2. The van der Waals surface area contributed by atoms with Crippen molar-refractivity contribution < 1.29 is 4.74 Å². The Hall–Kier alpha value is -1.95. The lowest BCUT2D eigenvalue weighted by molar-refractivity contribution is 0.181. The lowest BCUT2D eigenvalue weighted by Crippen LogP contribution is -2.11. The maximum absolute atomic E-state index is 5.98. The lowest BCUT2D eigenvalue weighted by Gasteiger charge is -2.07. The van der Waals surface area contributed by atoms with Crippen LogP contribution in [0.15, 0.2) is 27.5 Å². The van der Waals surface area contributed by atoms with Crippen molar-refractivity contribution >= 4 is 6.21 Å². The Labute approximate surface area is 132 Å². The van der Waals surface area contributed by atoms with Gasteiger partial charge in [0.15, 0.2) is 0 Å². The van der Waals surface area contributed by atoms with E-state index in [-0.39, 0.29) is 0 Å². The normalized spacial score (nSPS) is 14.3. The first-order valence-electron chi connectivity index (χ1n) is 7.44. The minimum absolute atomic E-state index is 0.456. The van der Waals surface area contributed by atoms with E-state index in [1.54, 1.807) is 7.11 Å². The van der Waals surface area contributed by atoms with Crippen molar-refractivity contribution in [1.82, 2.24) is 15.0 Å². The highest BCUT2D eigenvalue weighted by Gasteiger charge is 2.10. The fourth-order valence-electron chi connectivity index (χ4n) is 1.79. The summed E-state index contributed by atoms with van der Waals surface area (Å²) in [5, 5.41) is 8.28. The van der Waals surface area contributed by atoms with Gasteiger partial charge in [0.25, 0.3) is 0 Å². The molecule has 0 spiro atoms. The number of aromatic nitrogens is 3. The molecule has 2 N–H and O–H groups in total. The SMILES string of the molecule is CC/C(C)=C(C)/N=C/C(Cn1nnc(COC)c1C)=C(\C)N. The van der Waals surface area contributed by atoms with Crippen molar-refractivity contribution in [3.63, 3.8) is 0 Å². The van der Waals surface area contributed by atoms with Crippen LogP contribution in [0.4, 0.5) is 0 Å². The number of ether oxygens (including phenoxy) is 1. The molecule has 1 rings (SSSR count). The van der Waals surface area contributed by atoms with Crippen LogP contribution in [0.3, 0.4) is 0 Å². The molecule has 0 aromatic carbocycles. The summed E-state index contributed by atoms with van der Waals surface area (Å²) >= 11 is 0. The Morgan fingerprint density at radius 3 is 2.59 bits per heavy atom. The summed E-state index contributed by atoms with van der Waals surface area (Å²) in [5.41, 5.74) is 11.8. The topological polar surface area (TPSA) is 78.3 Å². The van der Waals surface area contributed by atoms with Gasteiger partial charge in [-0.2, -0.15) is 0 Å². The van der Waals surface area contributed by atoms with Crippen molar-refractivity contribution in [2.24, 2.45) is 10.7 Å². The summed E-state index contributed by atoms with van der Waals surface area (Å²) in [5.74, 6) is 0. The van der Waals surface area contributed by atoms with Gasteiger partial charge in [-0.05, 0) is 34.1 Å². The first-order chi connectivity index (χ1) is 10.4. The number of nitrogens with zero attached hydrogens (tertiary/aromatic N) is 4. The van der Waals surface area contributed by atoms with Gasteiger partial charge in [-0.25, -0.2) is 4.68 Å². The van der Waals surface area contributed by atoms with E-state index in [9.17, 15) is 0 Å². The van der Waals surface area contributed by atoms with Crippen LogP contribution in [0.1, 0.15) is 45.5 Å². The highest BCUT2D eigenvalue weighted by molar-refractivity contribution is 5.80. The quantitative estimate of drug-likeness (QED) is 0.786. The molecule has 0 saturated heterocycles. The van der Waals surface area contributed by atoms with Gasteiger partial charge in [0.2, 0.25) is 0 Å². The van der Waals surface area contributed by atoms with E-state index in [4.69, 9.17) is 10.5 Å². The van der Waals surface area contributed by atoms with Gasteiger partial charge in [-0.15, -0.1) is 5.10 Å². The van der Waals surface area contributed by atoms with E-state index >= 15 is 0 Å². The van der Waals surface area contributed by atoms with Crippen LogP contribution in [0.2, 0.25) is 0 Å². The zero-order valence-corrected chi connectivity index (χ0v) is 14.5. The fourth-order valence-corrected chi connectivity index (χ4v) is 1.79. The monoisotopic (exact) mass is 305 g/mol. The standard InChI is InChI=1S/C16H27N5O/c1-7-11(2)13(4)18-8-15(12(3)17)9-21-14(5)16(10-22-6)19-20-21/h8H,7,9-10,17H2,1-6H3/b13-11+,15-12-,18-8+. The van der Waals surface area contributed by atoms with E-state index in [1.165, 1.54) is 5.57 Å². The van der Waals surface area contributed by atoms with E-state index in [0.29, 0.717) is 13.2 Å². The third-order valence-electron chi connectivity index (χ3n) is 3.75. The average Bonchev–Trinajstić information content (AvgIpc) is 2.83. The van der Waals surface area contributed by atoms with Crippen molar-refractivity contribution in [2.45, 2.75) is 54.2 Å². The summed E-state index contributed by atoms with van der Waals surface area (Å²) in [7, 11) is 1.64. The molecule has 0 aliphatic rings. The van der Waals surface area contributed by atoms with E-state index < -0.39 is 0 Å². The molecule has 0 fully saturated rings. The predicted molar refractivity (Wildman–Crippen MR) is 89.5 cm³/mol. The summed E-state index contributed by atoms with van der Waals surface area (Å²) < 4.78 is 6.92. The molecule has 0 aliphatic heterocycles. The summed E-state index contributed by atoms with van der Waals surface area (Å²) in [6.07, 6.45) is 2.81. The van der Waals surface area contributed by atoms with Gasteiger partial charge in [0, 0.05) is 30.3 Å². The molecule has 0 unspecified atom stereocenters. The van der Waals surface area contributed by atoms with Crippen molar-refractivity contribution in [3.8, 4) is 0 Å². The van der Waals surface area contributed by atoms with E-state index in [2.05, 4.69) is 29.2 Å². The molecule has 6 nitrogen and oxygen atoms in total. The number of allylic oxidation sites excluding steroid dienone is 4. The molecule has 1 aromatic heterocycles. The Kier molecular flexibility index (Phi) is 6.98. The van der Waals surface area contributed by atoms with Crippen molar-refractivity contribution in [3.05, 3.63) is 33.9 Å². The average molecular weight is 305 g/mol. The zero-order valence-electron chi connectivity index (χ0n) is 14.5. The van der Waals surface area contributed by atoms with Gasteiger partial charge in [0.05, 0.1) is 18.8 Å². The molecule has 1 heterocycles. The van der Waals surface area contributed by atoms with Crippen LogP contribution in [0, 0.1) is 6.92 Å². The first kappa shape index (κ1) is 18.1. The molecule has 6 heteroatoms. The number of rotatable bonds is 7. The zero-order chi connectivity index (χ0) is 16.7. The number of nitrogens with two attached hydrogens (primary N) is 1. The van der Waals surface area contributed by atoms with Crippen LogP contribution in [0.5, 0.6) is 0 Å². The van der Waals surface area contributed by atoms with Crippen LogP contribution in [0.25, 0.3) is 0 Å². The second-order valence-corrected chi connectivity index (χ2v) is 5.40. The Balaban J connectivity index is 2.96. The Morgan fingerprint density at radius 2 is 2.05 bits per heavy atom. The van der Waals surface area contributed by atoms with Crippen molar-refractivity contribution in [1.29, 1.82) is 0 Å². The van der Waals surface area contributed by atoms with Crippen molar-refractivity contribution in [2.75, 3.05) is 7.11 Å². The second kappa shape index (κ2) is 8.48.